The summed E-state index contributed by atoms with van der Waals surface area (Å²) < 4.78 is 5.28. The normalized spacial score (nSPS) is 11.9. The average Bonchev–Trinajstić information content (AvgIpc) is 3.16. The Morgan fingerprint density at radius 2 is 1.68 bits per heavy atom. The summed E-state index contributed by atoms with van der Waals surface area (Å²) >= 11 is 0. The molecule has 3 rings (SSSR count). The molecule has 0 aliphatic carbocycles. The van der Waals surface area contributed by atoms with E-state index in [9.17, 15) is 4.79 Å². The number of carbonyl (C=O) groups is 1. The van der Waals surface area contributed by atoms with E-state index in [1.54, 1.807) is 0 Å². The quantitative estimate of drug-likeness (QED) is 0.693. The van der Waals surface area contributed by atoms with Crippen LogP contribution in [0.15, 0.2) is 65.2 Å². The molecule has 2 N–H and O–H groups in total. The number of nitrogens with one attached hydrogen (secondary N) is 2. The maximum Gasteiger partial charge on any atom is 0.292 e. The first-order valence-electron chi connectivity index (χ1n) is 8.13. The van der Waals surface area contributed by atoms with E-state index in [2.05, 4.69) is 20.8 Å². The van der Waals surface area contributed by atoms with Gasteiger partial charge in [-0.15, -0.1) is 0 Å². The molecule has 0 unspecified atom stereocenters. The van der Waals surface area contributed by atoms with Gasteiger partial charge in [-0.1, -0.05) is 65.8 Å². The van der Waals surface area contributed by atoms with Gasteiger partial charge in [0.2, 0.25) is 5.89 Å². The van der Waals surface area contributed by atoms with E-state index in [1.165, 1.54) is 0 Å². The van der Waals surface area contributed by atoms with Crippen LogP contribution in [0.4, 0.5) is 0 Å². The lowest BCUT2D eigenvalue weighted by Crippen LogP contribution is -2.24. The molecule has 25 heavy (non-hydrogen) atoms. The summed E-state index contributed by atoms with van der Waals surface area (Å²) in [4.78, 5) is 16.4. The Kier molecular flexibility index (Phi) is 5.53. The van der Waals surface area contributed by atoms with E-state index >= 15 is 0 Å². The fourth-order valence-corrected chi connectivity index (χ4v) is 2.49. The number of rotatable bonds is 7. The van der Waals surface area contributed by atoms with Crippen LogP contribution in [0.5, 0.6) is 0 Å². The minimum absolute atomic E-state index is 0.0410. The smallest absolute Gasteiger partial charge is 0.292 e. The van der Waals surface area contributed by atoms with Crippen molar-refractivity contribution in [2.24, 2.45) is 0 Å². The van der Waals surface area contributed by atoms with Crippen molar-refractivity contribution in [2.45, 2.75) is 19.0 Å². The summed E-state index contributed by atoms with van der Waals surface area (Å²) in [5.41, 5.74) is 2.16. The Morgan fingerprint density at radius 3 is 2.32 bits per heavy atom. The monoisotopic (exact) mass is 336 g/mol. The summed E-state index contributed by atoms with van der Waals surface area (Å²) in [6.45, 7) is 0.420. The number of aromatic nitrogens is 2. The highest BCUT2D eigenvalue weighted by molar-refractivity contribution is 5.90. The lowest BCUT2D eigenvalue weighted by atomic mass is 10.1. The molecule has 1 aromatic heterocycles. The summed E-state index contributed by atoms with van der Waals surface area (Å²) in [6, 6.07) is 19.5. The van der Waals surface area contributed by atoms with Gasteiger partial charge in [0.1, 0.15) is 0 Å². The van der Waals surface area contributed by atoms with Crippen LogP contribution in [-0.2, 0) is 13.0 Å². The Morgan fingerprint density at radius 1 is 1.04 bits per heavy atom. The molecular weight excluding hydrogens is 316 g/mol. The molecule has 0 radical (unpaired) electrons. The van der Waals surface area contributed by atoms with Crippen molar-refractivity contribution >= 4 is 5.91 Å². The minimum Gasteiger partial charge on any atom is -0.345 e. The first kappa shape index (κ1) is 16.9. The summed E-state index contributed by atoms with van der Waals surface area (Å²) in [5, 5.41) is 9.74. The first-order valence-corrected chi connectivity index (χ1v) is 8.13. The topological polar surface area (TPSA) is 80.0 Å². The third kappa shape index (κ3) is 4.51. The zero-order valence-electron chi connectivity index (χ0n) is 14.0. The van der Waals surface area contributed by atoms with Gasteiger partial charge in [0.15, 0.2) is 0 Å². The van der Waals surface area contributed by atoms with Crippen LogP contribution in [0.2, 0.25) is 0 Å². The number of benzene rings is 2. The molecule has 0 fully saturated rings. The number of carbonyl (C=O) groups excluding carboxylic acids is 1. The molecule has 1 amide bonds. The third-order valence-corrected chi connectivity index (χ3v) is 3.87. The largest absolute Gasteiger partial charge is 0.345 e. The van der Waals surface area contributed by atoms with Gasteiger partial charge in [0, 0.05) is 6.54 Å². The third-order valence-electron chi connectivity index (χ3n) is 3.87. The van der Waals surface area contributed by atoms with Crippen molar-refractivity contribution in [3.05, 3.63) is 83.5 Å². The van der Waals surface area contributed by atoms with Gasteiger partial charge in [-0.3, -0.25) is 4.79 Å². The molecule has 3 aromatic rings. The fourth-order valence-electron chi connectivity index (χ4n) is 2.49. The molecule has 0 saturated carbocycles. The van der Waals surface area contributed by atoms with Crippen LogP contribution >= 0.6 is 0 Å². The van der Waals surface area contributed by atoms with E-state index in [-0.39, 0.29) is 17.8 Å². The highest BCUT2D eigenvalue weighted by Crippen LogP contribution is 2.16. The molecule has 1 atom stereocenters. The van der Waals surface area contributed by atoms with Crippen molar-refractivity contribution in [1.29, 1.82) is 0 Å². The van der Waals surface area contributed by atoms with Crippen LogP contribution in [0.1, 0.15) is 33.7 Å². The highest BCUT2D eigenvalue weighted by Gasteiger charge is 2.20. The predicted molar refractivity (Wildman–Crippen MR) is 93.9 cm³/mol. The maximum absolute atomic E-state index is 12.2. The van der Waals surface area contributed by atoms with E-state index < -0.39 is 0 Å². The van der Waals surface area contributed by atoms with Crippen molar-refractivity contribution in [2.75, 3.05) is 7.05 Å². The molecule has 128 valence electrons. The molecule has 6 heteroatoms. The SMILES string of the molecule is CN[C@H](Cc1ccccc1)c1nc(C(=O)NCc2ccccc2)no1. The molecule has 2 aromatic carbocycles. The number of hydrogen-bond donors (Lipinski definition) is 2. The number of amides is 1. The molecule has 0 aliphatic heterocycles. The second-order valence-electron chi connectivity index (χ2n) is 5.66. The van der Waals surface area contributed by atoms with Gasteiger partial charge in [0.25, 0.3) is 11.7 Å². The minimum atomic E-state index is -0.353. The van der Waals surface area contributed by atoms with E-state index in [0.29, 0.717) is 18.9 Å². The summed E-state index contributed by atoms with van der Waals surface area (Å²) in [7, 11) is 1.83. The van der Waals surface area contributed by atoms with E-state index in [4.69, 9.17) is 4.52 Å². The van der Waals surface area contributed by atoms with Crippen LogP contribution in [-0.4, -0.2) is 23.1 Å². The van der Waals surface area contributed by atoms with Crippen LogP contribution in [0.3, 0.4) is 0 Å². The van der Waals surface area contributed by atoms with E-state index in [0.717, 1.165) is 11.1 Å². The van der Waals surface area contributed by atoms with Crippen molar-refractivity contribution in [3.8, 4) is 0 Å². The zero-order valence-corrected chi connectivity index (χ0v) is 14.0. The fraction of sp³-hybridized carbons (Fsp3) is 0.211. The average molecular weight is 336 g/mol. The Labute approximate surface area is 146 Å². The van der Waals surface area contributed by atoms with Gasteiger partial charge in [-0.25, -0.2) is 0 Å². The standard InChI is InChI=1S/C19H20N4O2/c1-20-16(12-14-8-4-2-5-9-14)19-22-17(23-25-19)18(24)21-13-15-10-6-3-7-11-15/h2-11,16,20H,12-13H2,1H3,(H,21,24)/t16-/m1/s1. The number of hydrogen-bond acceptors (Lipinski definition) is 5. The van der Waals surface area contributed by atoms with Crippen LogP contribution in [0, 0.1) is 0 Å². The lowest BCUT2D eigenvalue weighted by molar-refractivity contribution is 0.0937. The Balaban J connectivity index is 1.63. The van der Waals surface area contributed by atoms with Crippen LogP contribution in [0.25, 0.3) is 0 Å². The molecule has 6 nitrogen and oxygen atoms in total. The molecule has 0 bridgehead atoms. The van der Waals surface area contributed by atoms with E-state index in [1.807, 2.05) is 67.7 Å². The van der Waals surface area contributed by atoms with Crippen LogP contribution < -0.4 is 10.6 Å². The summed E-state index contributed by atoms with van der Waals surface area (Å²) in [6.07, 6.45) is 0.699. The Bertz CT molecular complexity index is 803. The van der Waals surface area contributed by atoms with Crippen molar-refractivity contribution in [3.63, 3.8) is 0 Å². The first-order chi connectivity index (χ1) is 12.3. The Hall–Kier alpha value is -2.99. The number of nitrogens with zero attached hydrogens (tertiary/aromatic N) is 2. The summed E-state index contributed by atoms with van der Waals surface area (Å²) in [5.74, 6) is 0.0869. The lowest BCUT2D eigenvalue weighted by Gasteiger charge is -2.11. The molecular formula is C19H20N4O2. The zero-order chi connectivity index (χ0) is 17.5. The second kappa shape index (κ2) is 8.21. The van der Waals surface area contributed by atoms with Crippen molar-refractivity contribution < 1.29 is 9.32 Å². The second-order valence-corrected chi connectivity index (χ2v) is 5.66. The van der Waals surface area contributed by atoms with Crippen molar-refractivity contribution in [1.82, 2.24) is 20.8 Å². The predicted octanol–water partition coefficient (Wildman–Crippen LogP) is 2.50. The molecule has 0 spiro atoms. The molecule has 0 saturated heterocycles. The molecule has 1 heterocycles. The highest BCUT2D eigenvalue weighted by atomic mass is 16.5. The van der Waals surface area contributed by atoms with Gasteiger partial charge < -0.3 is 15.2 Å². The molecule has 0 aliphatic rings. The maximum atomic E-state index is 12.2. The number of likely N-dealkylation sites (N-methyl/N-ethyl adjacent to an activating group) is 1. The van der Waals surface area contributed by atoms with Gasteiger partial charge >= 0.3 is 0 Å². The van der Waals surface area contributed by atoms with Gasteiger partial charge in [-0.2, -0.15) is 4.98 Å². The van der Waals surface area contributed by atoms with Gasteiger partial charge in [0.05, 0.1) is 6.04 Å². The van der Waals surface area contributed by atoms with Gasteiger partial charge in [-0.05, 0) is 24.6 Å².